The summed E-state index contributed by atoms with van der Waals surface area (Å²) in [4.78, 5) is 43.5. The van der Waals surface area contributed by atoms with Crippen molar-refractivity contribution in [1.82, 2.24) is 14.4 Å². The maximum atomic E-state index is 13.0. The average molecular weight is 371 g/mol. The Morgan fingerprint density at radius 1 is 1.37 bits per heavy atom. The Morgan fingerprint density at radius 3 is 2.74 bits per heavy atom. The van der Waals surface area contributed by atoms with Gasteiger partial charge >= 0.3 is 12.0 Å². The molecule has 1 fully saturated rings. The number of hydrogen-bond donors (Lipinski definition) is 1. The number of primary amides is 1. The van der Waals surface area contributed by atoms with Crippen LogP contribution < -0.4 is 10.3 Å². The molecule has 1 atom stereocenters. The number of carbonyl (C=O) groups is 3. The summed E-state index contributed by atoms with van der Waals surface area (Å²) in [6, 6.07) is 2.24. The van der Waals surface area contributed by atoms with Gasteiger partial charge in [-0.15, -0.1) is 0 Å². The van der Waals surface area contributed by atoms with E-state index in [0.29, 0.717) is 18.3 Å². The molecule has 2 aliphatic heterocycles. The molecule has 4 rings (SSSR count). The van der Waals surface area contributed by atoms with Crippen molar-refractivity contribution < 1.29 is 23.4 Å². The zero-order chi connectivity index (χ0) is 19.5. The van der Waals surface area contributed by atoms with Crippen LogP contribution in [0.2, 0.25) is 0 Å². The molecule has 4 heterocycles. The van der Waals surface area contributed by atoms with E-state index >= 15 is 0 Å². The number of amidine groups is 1. The summed E-state index contributed by atoms with van der Waals surface area (Å²) in [5, 5.41) is 0. The number of nitrogens with two attached hydrogens (primary N) is 1. The number of imide groups is 1. The molecule has 2 aromatic rings. The van der Waals surface area contributed by atoms with Gasteiger partial charge in [-0.3, -0.25) is 19.4 Å². The predicted molar refractivity (Wildman–Crippen MR) is 92.1 cm³/mol. The fourth-order valence-corrected chi connectivity index (χ4v) is 3.55. The number of carbonyl (C=O) groups excluding carboxylic acids is 3. The first-order valence-corrected chi connectivity index (χ1v) is 8.40. The molecule has 0 aromatic carbocycles. The van der Waals surface area contributed by atoms with Crippen molar-refractivity contribution in [1.29, 1.82) is 0 Å². The van der Waals surface area contributed by atoms with Crippen molar-refractivity contribution in [3.8, 4) is 0 Å². The SMILES string of the molecule is Cc1c(C)[n+](Cc2ccco2)c2n1C1C(=O)N(CC(N)=O)C(=O)N(C)C1=N2. The molecule has 0 aliphatic carbocycles. The molecule has 2 aromatic heterocycles. The molecular weight excluding hydrogens is 352 g/mol. The van der Waals surface area contributed by atoms with Gasteiger partial charge in [0.05, 0.1) is 6.26 Å². The Balaban J connectivity index is 1.82. The average Bonchev–Trinajstić information content (AvgIpc) is 3.31. The van der Waals surface area contributed by atoms with Crippen LogP contribution in [0.5, 0.6) is 0 Å². The summed E-state index contributed by atoms with van der Waals surface area (Å²) < 4.78 is 9.15. The summed E-state index contributed by atoms with van der Waals surface area (Å²) in [7, 11) is 1.53. The summed E-state index contributed by atoms with van der Waals surface area (Å²) in [5.41, 5.74) is 6.98. The Bertz CT molecular complexity index is 1000. The van der Waals surface area contributed by atoms with Gasteiger partial charge in [0.15, 0.2) is 0 Å². The highest BCUT2D eigenvalue weighted by Crippen LogP contribution is 2.35. The molecule has 10 nitrogen and oxygen atoms in total. The van der Waals surface area contributed by atoms with Crippen molar-refractivity contribution in [3.63, 3.8) is 0 Å². The second-order valence-electron chi connectivity index (χ2n) is 6.61. The van der Waals surface area contributed by atoms with Crippen molar-refractivity contribution in [2.75, 3.05) is 13.6 Å². The third kappa shape index (κ3) is 2.36. The molecule has 0 bridgehead atoms. The van der Waals surface area contributed by atoms with Gasteiger partial charge in [0.2, 0.25) is 17.8 Å². The predicted octanol–water partition coefficient (Wildman–Crippen LogP) is -0.00226. The van der Waals surface area contributed by atoms with Gasteiger partial charge in [-0.25, -0.2) is 13.9 Å². The van der Waals surface area contributed by atoms with E-state index in [1.807, 2.05) is 24.5 Å². The minimum absolute atomic E-state index is 0.331. The maximum absolute atomic E-state index is 13.0. The molecule has 140 valence electrons. The Hall–Kier alpha value is -3.43. The van der Waals surface area contributed by atoms with E-state index in [-0.39, 0.29) is 0 Å². The van der Waals surface area contributed by atoms with E-state index in [0.717, 1.165) is 22.0 Å². The highest BCUT2D eigenvalue weighted by molar-refractivity contribution is 6.21. The standard InChI is InChI=1S/C17H18N6O4/c1-9-10(2)23-13-14(19-16(23)21(9)7-11-5-4-6-27-11)20(3)17(26)22(15(13)25)8-12(18)24/h4-6,13H,7-8H2,1-3H3,(H-,18,24)/p+1. The summed E-state index contributed by atoms with van der Waals surface area (Å²) in [6.45, 7) is 3.80. The third-order valence-corrected chi connectivity index (χ3v) is 5.03. The van der Waals surface area contributed by atoms with Gasteiger partial charge in [0.25, 0.3) is 5.91 Å². The number of hydrogen-bond acceptors (Lipinski definition) is 5. The van der Waals surface area contributed by atoms with E-state index in [9.17, 15) is 14.4 Å². The van der Waals surface area contributed by atoms with Crippen LogP contribution in [0.4, 0.5) is 10.7 Å². The lowest BCUT2D eigenvalue weighted by Crippen LogP contribution is -2.59. The number of nitrogens with zero attached hydrogens (tertiary/aromatic N) is 5. The molecule has 10 heteroatoms. The molecule has 0 radical (unpaired) electrons. The maximum Gasteiger partial charge on any atom is 0.402 e. The lowest BCUT2D eigenvalue weighted by atomic mass is 10.1. The van der Waals surface area contributed by atoms with Crippen LogP contribution in [0, 0.1) is 13.8 Å². The molecule has 0 saturated carbocycles. The lowest BCUT2D eigenvalue weighted by Gasteiger charge is -2.32. The number of amides is 4. The molecule has 4 amide bonds. The first kappa shape index (κ1) is 17.0. The van der Waals surface area contributed by atoms with E-state index in [1.54, 1.807) is 16.9 Å². The van der Waals surface area contributed by atoms with Crippen LogP contribution in [0.1, 0.15) is 23.2 Å². The largest absolute Gasteiger partial charge is 0.466 e. The summed E-state index contributed by atoms with van der Waals surface area (Å²) >= 11 is 0. The van der Waals surface area contributed by atoms with E-state index < -0.39 is 30.4 Å². The van der Waals surface area contributed by atoms with Crippen LogP contribution in [-0.2, 0) is 16.1 Å². The van der Waals surface area contributed by atoms with Crippen molar-refractivity contribution in [2.45, 2.75) is 26.4 Å². The van der Waals surface area contributed by atoms with Crippen LogP contribution in [0.3, 0.4) is 0 Å². The van der Waals surface area contributed by atoms with E-state index in [2.05, 4.69) is 4.99 Å². The number of imidazole rings is 1. The number of rotatable bonds is 4. The first-order chi connectivity index (χ1) is 12.8. The first-order valence-electron chi connectivity index (χ1n) is 8.40. The minimum atomic E-state index is -0.807. The quantitative estimate of drug-likeness (QED) is 0.761. The number of likely N-dealkylation sites (N-methyl/N-ethyl adjacent to an activating group) is 1. The molecule has 1 saturated heterocycles. The van der Waals surface area contributed by atoms with Crippen molar-refractivity contribution >= 4 is 29.6 Å². The van der Waals surface area contributed by atoms with Crippen LogP contribution in [-0.4, -0.2) is 51.6 Å². The number of urea groups is 1. The number of aliphatic imine (C=N–C) groups is 1. The van der Waals surface area contributed by atoms with Crippen LogP contribution in [0.25, 0.3) is 0 Å². The summed E-state index contributed by atoms with van der Waals surface area (Å²) in [5.74, 6) is 0.361. The van der Waals surface area contributed by atoms with Gasteiger partial charge in [-0.1, -0.05) is 4.99 Å². The second-order valence-corrected chi connectivity index (χ2v) is 6.61. The normalized spacial score (nSPS) is 18.6. The smallest absolute Gasteiger partial charge is 0.402 e. The zero-order valence-corrected chi connectivity index (χ0v) is 15.2. The molecule has 2 N–H and O–H groups in total. The van der Waals surface area contributed by atoms with E-state index in [1.165, 1.54) is 11.9 Å². The van der Waals surface area contributed by atoms with Gasteiger partial charge in [-0.05, 0) is 26.0 Å². The Morgan fingerprint density at radius 2 is 2.11 bits per heavy atom. The van der Waals surface area contributed by atoms with Gasteiger partial charge in [-0.2, -0.15) is 0 Å². The number of furan rings is 1. The molecule has 1 unspecified atom stereocenters. The topological polar surface area (TPSA) is 118 Å². The van der Waals surface area contributed by atoms with Gasteiger partial charge in [0, 0.05) is 7.05 Å². The fraction of sp³-hybridized carbons (Fsp3) is 0.353. The Kier molecular flexibility index (Phi) is 3.65. The van der Waals surface area contributed by atoms with Crippen molar-refractivity contribution in [3.05, 3.63) is 35.5 Å². The van der Waals surface area contributed by atoms with Crippen LogP contribution >= 0.6 is 0 Å². The minimum Gasteiger partial charge on any atom is -0.466 e. The molecule has 2 aliphatic rings. The zero-order valence-electron chi connectivity index (χ0n) is 15.2. The molecule has 27 heavy (non-hydrogen) atoms. The highest BCUT2D eigenvalue weighted by Gasteiger charge is 2.54. The highest BCUT2D eigenvalue weighted by atomic mass is 16.3. The van der Waals surface area contributed by atoms with Gasteiger partial charge < -0.3 is 10.2 Å². The fourth-order valence-electron chi connectivity index (χ4n) is 3.55. The van der Waals surface area contributed by atoms with E-state index in [4.69, 9.17) is 10.2 Å². The number of fused-ring (bicyclic) bond motifs is 3. The van der Waals surface area contributed by atoms with Crippen LogP contribution in [0.15, 0.2) is 27.8 Å². The van der Waals surface area contributed by atoms with Gasteiger partial charge in [0.1, 0.15) is 30.2 Å². The molecule has 0 spiro atoms. The monoisotopic (exact) mass is 371 g/mol. The van der Waals surface area contributed by atoms with Crippen molar-refractivity contribution in [2.24, 2.45) is 10.7 Å². The molecular formula is C17H19N6O4+. The Labute approximate surface area is 154 Å². The lowest BCUT2D eigenvalue weighted by molar-refractivity contribution is -0.682. The summed E-state index contributed by atoms with van der Waals surface area (Å²) in [6.07, 6.45) is 1.59. The number of aromatic nitrogens is 2. The third-order valence-electron chi connectivity index (χ3n) is 5.03. The second kappa shape index (κ2) is 5.79.